The summed E-state index contributed by atoms with van der Waals surface area (Å²) < 4.78 is 33.8. The predicted molar refractivity (Wildman–Crippen MR) is 90.4 cm³/mol. The molecule has 5 nitrogen and oxygen atoms in total. The average Bonchev–Trinajstić information content (AvgIpc) is 2.87. The van der Waals surface area contributed by atoms with E-state index in [2.05, 4.69) is 20.7 Å². The van der Waals surface area contributed by atoms with Crippen molar-refractivity contribution in [1.82, 2.24) is 4.72 Å². The Hall–Kier alpha value is -0.440. The third kappa shape index (κ3) is 3.67. The van der Waals surface area contributed by atoms with Crippen molar-refractivity contribution >= 4 is 43.4 Å². The molecule has 1 saturated carbocycles. The number of hydrogen-bond acceptors (Lipinski definition) is 5. The lowest BCUT2D eigenvalue weighted by Gasteiger charge is -2.20. The van der Waals surface area contributed by atoms with Crippen LogP contribution in [0, 0.1) is 0 Å². The monoisotopic (exact) mass is 394 g/mol. The van der Waals surface area contributed by atoms with Crippen molar-refractivity contribution in [3.63, 3.8) is 0 Å². The topological polar surface area (TPSA) is 81.4 Å². The van der Waals surface area contributed by atoms with Crippen molar-refractivity contribution in [2.75, 3.05) is 19.1 Å². The van der Waals surface area contributed by atoms with Crippen LogP contribution in [0.5, 0.6) is 5.75 Å². The zero-order valence-corrected chi connectivity index (χ0v) is 15.1. The van der Waals surface area contributed by atoms with Gasteiger partial charge in [0.05, 0.1) is 7.11 Å². The van der Waals surface area contributed by atoms with E-state index < -0.39 is 10.0 Å². The first-order chi connectivity index (χ1) is 9.89. The minimum atomic E-state index is -3.66. The van der Waals surface area contributed by atoms with Gasteiger partial charge in [-0.3, -0.25) is 0 Å². The molecule has 8 heteroatoms. The fourth-order valence-corrected chi connectivity index (χ4v) is 5.37. The van der Waals surface area contributed by atoms with Gasteiger partial charge in [0.1, 0.15) is 10.6 Å². The summed E-state index contributed by atoms with van der Waals surface area (Å²) in [6.45, 7) is 0. The van der Waals surface area contributed by atoms with Crippen LogP contribution >= 0.6 is 27.7 Å². The number of benzene rings is 1. The largest absolute Gasteiger partial charge is 0.495 e. The van der Waals surface area contributed by atoms with E-state index in [4.69, 9.17) is 10.5 Å². The Morgan fingerprint density at radius 3 is 2.76 bits per heavy atom. The number of anilines is 1. The van der Waals surface area contributed by atoms with Gasteiger partial charge in [0.2, 0.25) is 10.0 Å². The number of sulfonamides is 1. The van der Waals surface area contributed by atoms with Crippen LogP contribution in [0.2, 0.25) is 0 Å². The Morgan fingerprint density at radius 1 is 1.43 bits per heavy atom. The van der Waals surface area contributed by atoms with Crippen LogP contribution in [0.1, 0.15) is 19.3 Å². The standard InChI is InChI=1S/C13H19BrN2O3S2/c1-19-11-6-8(14)9(15)7-13(11)21(17,18)16-10-4-3-5-12(10)20-2/h6-7,10,12,16H,3-5,15H2,1-2H3. The molecule has 1 aliphatic carbocycles. The van der Waals surface area contributed by atoms with Gasteiger partial charge in [0.15, 0.2) is 0 Å². The van der Waals surface area contributed by atoms with Gasteiger partial charge in [0, 0.05) is 21.5 Å². The normalized spacial score (nSPS) is 22.4. The summed E-state index contributed by atoms with van der Waals surface area (Å²) in [5, 5.41) is 0.318. The van der Waals surface area contributed by atoms with E-state index >= 15 is 0 Å². The van der Waals surface area contributed by atoms with Gasteiger partial charge in [-0.2, -0.15) is 11.8 Å². The molecule has 2 unspecified atom stereocenters. The number of rotatable bonds is 5. The van der Waals surface area contributed by atoms with Gasteiger partial charge in [-0.05, 0) is 47.2 Å². The first-order valence-corrected chi connectivity index (χ1v) is 10.1. The molecule has 0 aliphatic heterocycles. The van der Waals surface area contributed by atoms with Gasteiger partial charge >= 0.3 is 0 Å². The van der Waals surface area contributed by atoms with Crippen molar-refractivity contribution in [2.45, 2.75) is 35.4 Å². The molecule has 0 bridgehead atoms. The molecule has 1 aliphatic rings. The molecule has 0 heterocycles. The highest BCUT2D eigenvalue weighted by Gasteiger charge is 2.32. The van der Waals surface area contributed by atoms with Crippen molar-refractivity contribution in [3.8, 4) is 5.75 Å². The summed E-state index contributed by atoms with van der Waals surface area (Å²) in [4.78, 5) is 0.0810. The highest BCUT2D eigenvalue weighted by atomic mass is 79.9. The second-order valence-electron chi connectivity index (χ2n) is 4.96. The van der Waals surface area contributed by atoms with E-state index in [1.54, 1.807) is 17.8 Å². The fraction of sp³-hybridized carbons (Fsp3) is 0.538. The molecular formula is C13H19BrN2O3S2. The zero-order valence-electron chi connectivity index (χ0n) is 11.9. The van der Waals surface area contributed by atoms with Crippen LogP contribution in [0.15, 0.2) is 21.5 Å². The van der Waals surface area contributed by atoms with Gasteiger partial charge in [-0.15, -0.1) is 0 Å². The second-order valence-corrected chi connectivity index (χ2v) is 8.57. The molecule has 0 aromatic heterocycles. The number of hydrogen-bond donors (Lipinski definition) is 2. The maximum Gasteiger partial charge on any atom is 0.244 e. The summed E-state index contributed by atoms with van der Waals surface area (Å²) in [7, 11) is -2.22. The van der Waals surface area contributed by atoms with Gasteiger partial charge in [-0.1, -0.05) is 6.42 Å². The SMILES string of the molecule is COc1cc(Br)c(N)cc1S(=O)(=O)NC1CCCC1SC. The maximum absolute atomic E-state index is 12.6. The molecule has 2 rings (SSSR count). The van der Waals surface area contributed by atoms with E-state index in [1.807, 2.05) is 6.26 Å². The summed E-state index contributed by atoms with van der Waals surface area (Å²) in [5.41, 5.74) is 6.17. The summed E-state index contributed by atoms with van der Waals surface area (Å²) >= 11 is 4.97. The number of nitrogen functional groups attached to an aromatic ring is 1. The molecular weight excluding hydrogens is 376 g/mol. The Balaban J connectivity index is 2.33. The molecule has 1 fully saturated rings. The van der Waals surface area contributed by atoms with Crippen molar-refractivity contribution in [1.29, 1.82) is 0 Å². The molecule has 1 aromatic carbocycles. The van der Waals surface area contributed by atoms with Gasteiger partial charge in [-0.25, -0.2) is 13.1 Å². The summed E-state index contributed by atoms with van der Waals surface area (Å²) in [6.07, 6.45) is 4.95. The van der Waals surface area contributed by atoms with Crippen LogP contribution in [-0.2, 0) is 10.0 Å². The number of halogens is 1. The van der Waals surface area contributed by atoms with Crippen molar-refractivity contribution < 1.29 is 13.2 Å². The Morgan fingerprint density at radius 2 is 2.14 bits per heavy atom. The summed E-state index contributed by atoms with van der Waals surface area (Å²) in [5.74, 6) is 0.280. The smallest absolute Gasteiger partial charge is 0.244 e. The summed E-state index contributed by atoms with van der Waals surface area (Å²) in [6, 6.07) is 2.96. The predicted octanol–water partition coefficient (Wildman–Crippen LogP) is 2.60. The maximum atomic E-state index is 12.6. The Labute approximate surface area is 138 Å². The third-order valence-electron chi connectivity index (χ3n) is 3.63. The zero-order chi connectivity index (χ0) is 15.6. The fourth-order valence-electron chi connectivity index (χ4n) is 2.53. The van der Waals surface area contributed by atoms with Crippen molar-refractivity contribution in [2.24, 2.45) is 0 Å². The Bertz CT molecular complexity index is 622. The number of nitrogens with one attached hydrogen (secondary N) is 1. The molecule has 2 atom stereocenters. The van der Waals surface area contributed by atoms with Crippen LogP contribution in [-0.4, -0.2) is 33.1 Å². The quantitative estimate of drug-likeness (QED) is 0.749. The number of ether oxygens (including phenoxy) is 1. The highest BCUT2D eigenvalue weighted by Crippen LogP contribution is 2.34. The Kier molecular flexibility index (Phi) is 5.45. The van der Waals surface area contributed by atoms with Crippen LogP contribution in [0.3, 0.4) is 0 Å². The first-order valence-electron chi connectivity index (χ1n) is 6.57. The molecule has 0 spiro atoms. The minimum Gasteiger partial charge on any atom is -0.495 e. The molecule has 21 heavy (non-hydrogen) atoms. The van der Waals surface area contributed by atoms with E-state index in [1.165, 1.54) is 13.2 Å². The molecule has 1 aromatic rings. The minimum absolute atomic E-state index is 0.0421. The van der Waals surface area contributed by atoms with E-state index in [0.29, 0.717) is 15.4 Å². The van der Waals surface area contributed by atoms with Gasteiger partial charge in [0.25, 0.3) is 0 Å². The lowest BCUT2D eigenvalue weighted by Crippen LogP contribution is -2.38. The van der Waals surface area contributed by atoms with Crippen LogP contribution in [0.4, 0.5) is 5.69 Å². The van der Waals surface area contributed by atoms with E-state index in [9.17, 15) is 8.42 Å². The average molecular weight is 395 g/mol. The van der Waals surface area contributed by atoms with E-state index in [0.717, 1.165) is 19.3 Å². The highest BCUT2D eigenvalue weighted by molar-refractivity contribution is 9.10. The van der Waals surface area contributed by atoms with Crippen molar-refractivity contribution in [3.05, 3.63) is 16.6 Å². The molecule has 0 amide bonds. The molecule has 3 N–H and O–H groups in total. The third-order valence-corrected chi connectivity index (χ3v) is 7.00. The van der Waals surface area contributed by atoms with Gasteiger partial charge < -0.3 is 10.5 Å². The van der Waals surface area contributed by atoms with E-state index in [-0.39, 0.29) is 16.7 Å². The second kappa shape index (κ2) is 6.76. The number of thioether (sulfide) groups is 1. The number of methoxy groups -OCH3 is 1. The first kappa shape index (κ1) is 16.9. The lowest BCUT2D eigenvalue weighted by atomic mass is 10.3. The molecule has 0 saturated heterocycles. The van der Waals surface area contributed by atoms with Crippen LogP contribution < -0.4 is 15.2 Å². The lowest BCUT2D eigenvalue weighted by molar-refractivity contribution is 0.402. The van der Waals surface area contributed by atoms with Crippen LogP contribution in [0.25, 0.3) is 0 Å². The number of nitrogens with two attached hydrogens (primary N) is 1. The molecule has 0 radical (unpaired) electrons. The molecule has 118 valence electrons.